The van der Waals surface area contributed by atoms with Gasteiger partial charge >= 0.3 is 0 Å². The lowest BCUT2D eigenvalue weighted by atomic mass is 9.80. The van der Waals surface area contributed by atoms with Crippen LogP contribution in [0, 0.1) is 11.3 Å². The van der Waals surface area contributed by atoms with Crippen LogP contribution in [0.5, 0.6) is 5.75 Å². The zero-order chi connectivity index (χ0) is 23.9. The SMILES string of the molecule is CCCN1CC2(CCc3c(-c4nc(-c5ccc(OC(C)C)c(C#N)c5)ns4)cccc32)CC1=O. The number of ether oxygens (including phenoxy) is 1. The van der Waals surface area contributed by atoms with Gasteiger partial charge in [-0.2, -0.15) is 9.64 Å². The number of amides is 1. The Morgan fingerprint density at radius 2 is 2.15 bits per heavy atom. The maximum atomic E-state index is 12.7. The molecule has 0 radical (unpaired) electrons. The van der Waals surface area contributed by atoms with Crippen LogP contribution in [0.2, 0.25) is 0 Å². The summed E-state index contributed by atoms with van der Waals surface area (Å²) < 4.78 is 10.3. The van der Waals surface area contributed by atoms with E-state index in [2.05, 4.69) is 35.6 Å². The van der Waals surface area contributed by atoms with Crippen LogP contribution in [0.15, 0.2) is 36.4 Å². The third-order valence-electron chi connectivity index (χ3n) is 6.81. The highest BCUT2D eigenvalue weighted by Crippen LogP contribution is 2.48. The summed E-state index contributed by atoms with van der Waals surface area (Å²) in [7, 11) is 0. The highest BCUT2D eigenvalue weighted by molar-refractivity contribution is 7.09. The average Bonchev–Trinajstić information content (AvgIpc) is 3.52. The molecule has 5 rings (SSSR count). The molecule has 2 aliphatic rings. The minimum Gasteiger partial charge on any atom is -0.490 e. The van der Waals surface area contributed by atoms with E-state index in [1.54, 1.807) is 6.07 Å². The van der Waals surface area contributed by atoms with Crippen molar-refractivity contribution >= 4 is 17.4 Å². The highest BCUT2D eigenvalue weighted by Gasteiger charge is 2.48. The molecule has 7 heteroatoms. The predicted octanol–water partition coefficient (Wildman–Crippen LogP) is 5.36. The minimum atomic E-state index is -0.0704. The number of carbonyl (C=O) groups excluding carboxylic acids is 1. The van der Waals surface area contributed by atoms with Crippen molar-refractivity contribution < 1.29 is 9.53 Å². The largest absolute Gasteiger partial charge is 0.490 e. The third-order valence-corrected chi connectivity index (χ3v) is 7.56. The molecule has 34 heavy (non-hydrogen) atoms. The monoisotopic (exact) mass is 472 g/mol. The van der Waals surface area contributed by atoms with Crippen LogP contribution in [-0.4, -0.2) is 39.4 Å². The van der Waals surface area contributed by atoms with Crippen molar-refractivity contribution in [2.24, 2.45) is 0 Å². The number of hydrogen-bond donors (Lipinski definition) is 0. The van der Waals surface area contributed by atoms with Gasteiger partial charge in [-0.15, -0.1) is 0 Å². The fraction of sp³-hybridized carbons (Fsp3) is 0.407. The predicted molar refractivity (Wildman–Crippen MR) is 133 cm³/mol. The summed E-state index contributed by atoms with van der Waals surface area (Å²) in [6.07, 6.45) is 3.54. The summed E-state index contributed by atoms with van der Waals surface area (Å²) in [4.78, 5) is 19.5. The summed E-state index contributed by atoms with van der Waals surface area (Å²) in [5.41, 5.74) is 4.92. The molecule has 1 fully saturated rings. The zero-order valence-electron chi connectivity index (χ0n) is 19.8. The molecule has 0 N–H and O–H groups in total. The Labute approximate surface area is 204 Å². The first-order chi connectivity index (χ1) is 16.4. The lowest BCUT2D eigenvalue weighted by molar-refractivity contribution is -0.127. The van der Waals surface area contributed by atoms with Gasteiger partial charge < -0.3 is 9.64 Å². The van der Waals surface area contributed by atoms with E-state index in [0.717, 1.165) is 48.5 Å². The van der Waals surface area contributed by atoms with E-state index < -0.39 is 0 Å². The minimum absolute atomic E-state index is 0.00497. The maximum absolute atomic E-state index is 12.7. The van der Waals surface area contributed by atoms with E-state index in [9.17, 15) is 10.1 Å². The van der Waals surface area contributed by atoms with Crippen molar-refractivity contribution in [2.45, 2.75) is 58.0 Å². The summed E-state index contributed by atoms with van der Waals surface area (Å²) >= 11 is 1.38. The summed E-state index contributed by atoms with van der Waals surface area (Å²) in [5.74, 6) is 1.46. The molecule has 1 unspecified atom stereocenters. The molecule has 174 valence electrons. The van der Waals surface area contributed by atoms with E-state index in [1.165, 1.54) is 22.7 Å². The van der Waals surface area contributed by atoms with Gasteiger partial charge in [-0.3, -0.25) is 4.79 Å². The highest BCUT2D eigenvalue weighted by atomic mass is 32.1. The molecule has 1 spiro atoms. The Kier molecular flexibility index (Phi) is 5.86. The smallest absolute Gasteiger partial charge is 0.223 e. The molecule has 2 heterocycles. The Morgan fingerprint density at radius 3 is 2.91 bits per heavy atom. The second kappa shape index (κ2) is 8.84. The molecule has 1 atom stereocenters. The van der Waals surface area contributed by atoms with Crippen molar-refractivity contribution in [1.82, 2.24) is 14.3 Å². The van der Waals surface area contributed by atoms with E-state index in [1.807, 2.05) is 30.9 Å². The quantitative estimate of drug-likeness (QED) is 0.483. The van der Waals surface area contributed by atoms with Crippen LogP contribution in [0.25, 0.3) is 22.0 Å². The standard InChI is InChI=1S/C27H28N4O2S/c1-4-12-31-16-27(14-24(31)32)11-10-20-21(6-5-7-22(20)27)26-29-25(30-34-26)18-8-9-23(33-17(2)3)19(13-18)15-28/h5-9,13,17H,4,10-12,14,16H2,1-3H3. The first-order valence-electron chi connectivity index (χ1n) is 11.9. The first kappa shape index (κ1) is 22.5. The van der Waals surface area contributed by atoms with Crippen LogP contribution in [0.3, 0.4) is 0 Å². The van der Waals surface area contributed by atoms with E-state index in [0.29, 0.717) is 23.6 Å². The summed E-state index contributed by atoms with van der Waals surface area (Å²) in [6, 6.07) is 14.1. The molecule has 2 aromatic carbocycles. The number of carbonyl (C=O) groups is 1. The molecule has 1 aliphatic carbocycles. The second-order valence-electron chi connectivity index (χ2n) is 9.52. The number of likely N-dealkylation sites (tertiary alicyclic amines) is 1. The van der Waals surface area contributed by atoms with Crippen molar-refractivity contribution in [3.8, 4) is 33.8 Å². The molecule has 1 aromatic heterocycles. The van der Waals surface area contributed by atoms with Gasteiger partial charge in [0.05, 0.1) is 11.7 Å². The van der Waals surface area contributed by atoms with Crippen molar-refractivity contribution in [3.05, 3.63) is 53.1 Å². The number of hydrogen-bond acceptors (Lipinski definition) is 6. The number of nitriles is 1. The topological polar surface area (TPSA) is 79.1 Å². The Bertz CT molecular complexity index is 1290. The molecule has 3 aromatic rings. The van der Waals surface area contributed by atoms with Crippen LogP contribution in [-0.2, 0) is 16.6 Å². The lowest BCUT2D eigenvalue weighted by Crippen LogP contribution is -2.30. The number of aromatic nitrogens is 2. The van der Waals surface area contributed by atoms with Gasteiger partial charge in [0.25, 0.3) is 0 Å². The number of nitrogens with zero attached hydrogens (tertiary/aromatic N) is 4. The van der Waals surface area contributed by atoms with Crippen LogP contribution in [0.4, 0.5) is 0 Å². The second-order valence-corrected chi connectivity index (χ2v) is 10.3. The first-order valence-corrected chi connectivity index (χ1v) is 12.7. The van der Waals surface area contributed by atoms with E-state index >= 15 is 0 Å². The zero-order valence-corrected chi connectivity index (χ0v) is 20.6. The fourth-order valence-corrected chi connectivity index (χ4v) is 6.08. The number of fused-ring (bicyclic) bond motifs is 2. The van der Waals surface area contributed by atoms with Crippen LogP contribution in [0.1, 0.15) is 56.7 Å². The van der Waals surface area contributed by atoms with Gasteiger partial charge in [0.15, 0.2) is 5.82 Å². The molecule has 0 bridgehead atoms. The van der Waals surface area contributed by atoms with Gasteiger partial charge in [0, 0.05) is 36.1 Å². The molecular weight excluding hydrogens is 444 g/mol. The van der Waals surface area contributed by atoms with Gasteiger partial charge in [-0.1, -0.05) is 25.1 Å². The van der Waals surface area contributed by atoms with E-state index in [4.69, 9.17) is 9.72 Å². The molecular formula is C27H28N4O2S. The summed E-state index contributed by atoms with van der Waals surface area (Å²) in [5, 5.41) is 10.4. The number of rotatable bonds is 6. The maximum Gasteiger partial charge on any atom is 0.223 e. The third kappa shape index (κ3) is 3.86. The fourth-order valence-electron chi connectivity index (χ4n) is 5.35. The van der Waals surface area contributed by atoms with Gasteiger partial charge in [0.2, 0.25) is 5.91 Å². The van der Waals surface area contributed by atoms with Crippen molar-refractivity contribution in [1.29, 1.82) is 5.26 Å². The van der Waals surface area contributed by atoms with Crippen molar-refractivity contribution in [2.75, 3.05) is 13.1 Å². The van der Waals surface area contributed by atoms with E-state index in [-0.39, 0.29) is 17.4 Å². The molecule has 1 amide bonds. The average molecular weight is 473 g/mol. The Hall–Kier alpha value is -3.24. The number of benzene rings is 2. The van der Waals surface area contributed by atoms with Gasteiger partial charge in [0.1, 0.15) is 16.8 Å². The molecule has 1 aliphatic heterocycles. The molecule has 1 saturated heterocycles. The molecule has 6 nitrogen and oxygen atoms in total. The van der Waals surface area contributed by atoms with Crippen LogP contribution < -0.4 is 4.74 Å². The summed E-state index contributed by atoms with van der Waals surface area (Å²) in [6.45, 7) is 7.65. The molecule has 0 saturated carbocycles. The van der Waals surface area contributed by atoms with Crippen molar-refractivity contribution in [3.63, 3.8) is 0 Å². The normalized spacial score (nSPS) is 19.1. The Morgan fingerprint density at radius 1 is 1.29 bits per heavy atom. The Balaban J connectivity index is 1.46. The van der Waals surface area contributed by atoms with Crippen LogP contribution >= 0.6 is 11.5 Å². The lowest BCUT2D eigenvalue weighted by Gasteiger charge is -2.25. The van der Waals surface area contributed by atoms with Gasteiger partial charge in [-0.25, -0.2) is 4.98 Å². The van der Waals surface area contributed by atoms with Gasteiger partial charge in [-0.05, 0) is 74.0 Å².